The topological polar surface area (TPSA) is 59.6 Å². The fraction of sp³-hybridized carbons (Fsp3) is 0.632. The molecule has 1 fully saturated rings. The first-order valence-electron chi connectivity index (χ1n) is 8.81. The van der Waals surface area contributed by atoms with Gasteiger partial charge in [0.25, 0.3) is 0 Å². The third-order valence-corrected chi connectivity index (χ3v) is 3.91. The number of ether oxygens (including phenoxy) is 2. The third kappa shape index (κ3) is 6.30. The second-order valence-corrected chi connectivity index (χ2v) is 7.36. The second kappa shape index (κ2) is 8.27. The van der Waals surface area contributed by atoms with Gasteiger partial charge in [0.1, 0.15) is 11.4 Å². The van der Waals surface area contributed by atoms with Crippen molar-refractivity contribution in [2.45, 2.75) is 65.1 Å². The summed E-state index contributed by atoms with van der Waals surface area (Å²) in [5, 5.41) is 6.04. The quantitative estimate of drug-likeness (QED) is 0.764. The summed E-state index contributed by atoms with van der Waals surface area (Å²) in [7, 11) is 0. The number of aryl methyl sites for hydroxylation is 1. The Labute approximate surface area is 145 Å². The molecule has 24 heavy (non-hydrogen) atoms. The molecule has 2 rings (SSSR count). The number of amides is 1. The molecular formula is C19H30N2O3. The normalized spacial score (nSPS) is 15.2. The fourth-order valence-corrected chi connectivity index (χ4v) is 2.71. The first-order valence-corrected chi connectivity index (χ1v) is 8.81. The molecule has 0 aromatic heterocycles. The van der Waals surface area contributed by atoms with E-state index in [0.717, 1.165) is 29.8 Å². The zero-order valence-electron chi connectivity index (χ0n) is 15.3. The molecule has 0 aliphatic heterocycles. The lowest BCUT2D eigenvalue weighted by Gasteiger charge is -2.20. The highest BCUT2D eigenvalue weighted by Crippen LogP contribution is 2.28. The molecule has 1 aliphatic rings. The van der Waals surface area contributed by atoms with Crippen LogP contribution in [0.3, 0.4) is 0 Å². The highest BCUT2D eigenvalue weighted by atomic mass is 16.6. The lowest BCUT2D eigenvalue weighted by atomic mass is 10.2. The van der Waals surface area contributed by atoms with E-state index >= 15 is 0 Å². The Balaban J connectivity index is 1.77. The van der Waals surface area contributed by atoms with Gasteiger partial charge in [-0.25, -0.2) is 4.79 Å². The summed E-state index contributed by atoms with van der Waals surface area (Å²) in [5.74, 6) is 0.951. The molecule has 0 heterocycles. The van der Waals surface area contributed by atoms with Crippen LogP contribution in [-0.2, 0) is 4.74 Å². The summed E-state index contributed by atoms with van der Waals surface area (Å²) in [4.78, 5) is 11.6. The van der Waals surface area contributed by atoms with Crippen molar-refractivity contribution in [3.8, 4) is 5.75 Å². The Morgan fingerprint density at radius 3 is 2.58 bits per heavy atom. The molecule has 2 N–H and O–H groups in total. The van der Waals surface area contributed by atoms with Crippen molar-refractivity contribution >= 4 is 11.8 Å². The van der Waals surface area contributed by atoms with E-state index in [2.05, 4.69) is 23.6 Å². The lowest BCUT2D eigenvalue weighted by molar-refractivity contribution is 0.0530. The average molecular weight is 334 g/mol. The van der Waals surface area contributed by atoms with Crippen LogP contribution >= 0.6 is 0 Å². The minimum absolute atomic E-state index is 0.354. The summed E-state index contributed by atoms with van der Waals surface area (Å²) in [6.07, 6.45) is 4.79. The molecular weight excluding hydrogens is 304 g/mol. The molecule has 0 bridgehead atoms. The Hall–Kier alpha value is -1.91. The fourth-order valence-electron chi connectivity index (χ4n) is 2.71. The van der Waals surface area contributed by atoms with Gasteiger partial charge in [0.2, 0.25) is 0 Å². The van der Waals surface area contributed by atoms with E-state index < -0.39 is 11.7 Å². The van der Waals surface area contributed by atoms with Crippen LogP contribution in [0.1, 0.15) is 52.0 Å². The van der Waals surface area contributed by atoms with Gasteiger partial charge in [-0.05, 0) is 65.0 Å². The lowest BCUT2D eigenvalue weighted by Crippen LogP contribution is -2.35. The zero-order chi connectivity index (χ0) is 17.6. The highest BCUT2D eigenvalue weighted by Gasteiger charge is 2.17. The van der Waals surface area contributed by atoms with Gasteiger partial charge in [0, 0.05) is 24.8 Å². The molecule has 0 atom stereocenters. The minimum Gasteiger partial charge on any atom is -0.490 e. The number of carbonyl (C=O) groups excluding carboxylic acids is 1. The minimum atomic E-state index is -0.471. The molecule has 1 aromatic carbocycles. The van der Waals surface area contributed by atoms with Crippen molar-refractivity contribution < 1.29 is 14.3 Å². The Kier molecular flexibility index (Phi) is 6.35. The van der Waals surface area contributed by atoms with Gasteiger partial charge in [-0.15, -0.1) is 0 Å². The Bertz CT molecular complexity index is 546. The van der Waals surface area contributed by atoms with Crippen LogP contribution in [0.2, 0.25) is 0 Å². The van der Waals surface area contributed by atoms with Gasteiger partial charge in [-0.1, -0.05) is 6.07 Å². The predicted molar refractivity (Wildman–Crippen MR) is 96.8 cm³/mol. The van der Waals surface area contributed by atoms with E-state index in [-0.39, 0.29) is 0 Å². The van der Waals surface area contributed by atoms with Crippen molar-refractivity contribution in [3.63, 3.8) is 0 Å². The summed E-state index contributed by atoms with van der Waals surface area (Å²) >= 11 is 0. The third-order valence-electron chi connectivity index (χ3n) is 3.91. The largest absolute Gasteiger partial charge is 0.490 e. The number of rotatable bonds is 6. The smallest absolute Gasteiger partial charge is 0.407 e. The van der Waals surface area contributed by atoms with Crippen molar-refractivity contribution in [2.24, 2.45) is 0 Å². The Morgan fingerprint density at radius 1 is 1.21 bits per heavy atom. The predicted octanol–water partition coefficient (Wildman–Crippen LogP) is 4.25. The SMILES string of the molecule is Cc1ccc(NCCNC(=O)OC(C)(C)C)cc1OC1CCCC1. The highest BCUT2D eigenvalue weighted by molar-refractivity contribution is 5.67. The van der Waals surface area contributed by atoms with E-state index in [1.807, 2.05) is 32.9 Å². The molecule has 5 heteroatoms. The standard InChI is InChI=1S/C19H30N2O3/c1-14-9-10-15(13-17(14)23-16-7-5-6-8-16)20-11-12-21-18(22)24-19(2,3)4/h9-10,13,16,20H,5-8,11-12H2,1-4H3,(H,21,22). The molecule has 134 valence electrons. The maximum atomic E-state index is 11.6. The molecule has 0 saturated heterocycles. The number of carbonyl (C=O) groups is 1. The molecule has 0 radical (unpaired) electrons. The van der Waals surface area contributed by atoms with E-state index in [9.17, 15) is 4.79 Å². The van der Waals surface area contributed by atoms with Crippen LogP contribution in [0.25, 0.3) is 0 Å². The molecule has 1 saturated carbocycles. The zero-order valence-corrected chi connectivity index (χ0v) is 15.3. The van der Waals surface area contributed by atoms with Gasteiger partial charge in [-0.3, -0.25) is 0 Å². The van der Waals surface area contributed by atoms with E-state index in [4.69, 9.17) is 9.47 Å². The van der Waals surface area contributed by atoms with Crippen molar-refractivity contribution in [3.05, 3.63) is 23.8 Å². The van der Waals surface area contributed by atoms with E-state index in [0.29, 0.717) is 19.2 Å². The molecule has 1 aliphatic carbocycles. The summed E-state index contributed by atoms with van der Waals surface area (Å²) in [6.45, 7) is 8.75. The second-order valence-electron chi connectivity index (χ2n) is 7.36. The molecule has 0 unspecified atom stereocenters. The van der Waals surface area contributed by atoms with Gasteiger partial charge in [0.05, 0.1) is 6.10 Å². The first kappa shape index (κ1) is 18.4. The van der Waals surface area contributed by atoms with Crippen LogP contribution in [0.5, 0.6) is 5.75 Å². The van der Waals surface area contributed by atoms with E-state index in [1.54, 1.807) is 0 Å². The van der Waals surface area contributed by atoms with Crippen molar-refractivity contribution in [1.82, 2.24) is 5.32 Å². The molecule has 1 aromatic rings. The van der Waals surface area contributed by atoms with Gasteiger partial charge in [-0.2, -0.15) is 0 Å². The van der Waals surface area contributed by atoms with Crippen LogP contribution in [0.4, 0.5) is 10.5 Å². The van der Waals surface area contributed by atoms with Crippen molar-refractivity contribution in [1.29, 1.82) is 0 Å². The van der Waals surface area contributed by atoms with Gasteiger partial charge in [0.15, 0.2) is 0 Å². The summed E-state index contributed by atoms with van der Waals surface area (Å²) < 4.78 is 11.3. The number of hydrogen-bond acceptors (Lipinski definition) is 4. The van der Waals surface area contributed by atoms with Crippen molar-refractivity contribution in [2.75, 3.05) is 18.4 Å². The number of benzene rings is 1. The Morgan fingerprint density at radius 2 is 1.92 bits per heavy atom. The van der Waals surface area contributed by atoms with Gasteiger partial charge >= 0.3 is 6.09 Å². The van der Waals surface area contributed by atoms with Crippen LogP contribution in [0.15, 0.2) is 18.2 Å². The maximum absolute atomic E-state index is 11.6. The van der Waals surface area contributed by atoms with E-state index in [1.165, 1.54) is 12.8 Å². The summed E-state index contributed by atoms with van der Waals surface area (Å²) in [6, 6.07) is 6.14. The molecule has 1 amide bonds. The monoisotopic (exact) mass is 334 g/mol. The molecule has 0 spiro atoms. The van der Waals surface area contributed by atoms with Crippen LogP contribution in [-0.4, -0.2) is 30.9 Å². The molecule has 5 nitrogen and oxygen atoms in total. The number of nitrogens with one attached hydrogen (secondary N) is 2. The summed E-state index contributed by atoms with van der Waals surface area (Å²) in [5.41, 5.74) is 1.68. The number of alkyl carbamates (subject to hydrolysis) is 1. The number of anilines is 1. The van der Waals surface area contributed by atoms with Gasteiger partial charge < -0.3 is 20.1 Å². The number of hydrogen-bond donors (Lipinski definition) is 2. The average Bonchev–Trinajstić information content (AvgIpc) is 2.98. The maximum Gasteiger partial charge on any atom is 0.407 e. The first-order chi connectivity index (χ1) is 11.3. The van der Waals surface area contributed by atoms with Crippen LogP contribution in [0, 0.1) is 6.92 Å². The van der Waals surface area contributed by atoms with Crippen LogP contribution < -0.4 is 15.4 Å².